The number of thiazole rings is 2. The van der Waals surface area contributed by atoms with Crippen molar-refractivity contribution in [3.05, 3.63) is 74.2 Å². The lowest BCUT2D eigenvalue weighted by Crippen LogP contribution is -2.09. The Morgan fingerprint density at radius 3 is 1.74 bits per heavy atom. The first-order chi connectivity index (χ1) is 16.5. The molecule has 0 fully saturated rings. The molecule has 0 aliphatic rings. The van der Waals surface area contributed by atoms with Crippen LogP contribution >= 0.6 is 77.2 Å². The molecule has 19 heteroatoms. The number of hydrogen-bond donors (Lipinski definition) is 3. The van der Waals surface area contributed by atoms with Crippen LogP contribution in [0.5, 0.6) is 0 Å². The van der Waals surface area contributed by atoms with E-state index in [9.17, 15) is 29.8 Å². The Hall–Kier alpha value is -2.84. The first-order valence-corrected chi connectivity index (χ1v) is 13.3. The van der Waals surface area contributed by atoms with Crippen molar-refractivity contribution in [3.8, 4) is 0 Å². The maximum Gasteiger partial charge on any atom is 0.345 e. The number of amides is 1. The topological polar surface area (TPSA) is 204 Å². The highest BCUT2D eigenvalue weighted by Crippen LogP contribution is 2.27. The van der Waals surface area contributed by atoms with Gasteiger partial charge in [-0.2, -0.15) is 0 Å². The molecule has 0 saturated carbocycles. The lowest BCUT2D eigenvalue weighted by molar-refractivity contribution is -0.380. The van der Waals surface area contributed by atoms with E-state index >= 15 is 0 Å². The van der Waals surface area contributed by atoms with Gasteiger partial charge in [-0.3, -0.25) is 30.3 Å². The van der Waals surface area contributed by atoms with Gasteiger partial charge in [-0.25, -0.2) is 14.8 Å². The van der Waals surface area contributed by atoms with Gasteiger partial charge >= 0.3 is 16.0 Å². The van der Waals surface area contributed by atoms with Gasteiger partial charge < -0.3 is 10.8 Å². The van der Waals surface area contributed by atoms with E-state index in [0.29, 0.717) is 9.75 Å². The first-order valence-electron chi connectivity index (χ1n) is 8.47. The summed E-state index contributed by atoms with van der Waals surface area (Å²) in [7, 11) is 0. The van der Waals surface area contributed by atoms with Gasteiger partial charge in [0.05, 0.1) is 22.3 Å². The number of carboxylic acids is 1. The summed E-state index contributed by atoms with van der Waals surface area (Å²) in [6.45, 7) is 0. The lowest BCUT2D eigenvalue weighted by atomic mass is 10.4. The van der Waals surface area contributed by atoms with E-state index in [4.69, 9.17) is 10.8 Å². The average molecular weight is 686 g/mol. The molecule has 0 saturated heterocycles. The molecular formula is C16H10Br2N6O7S4. The van der Waals surface area contributed by atoms with Crippen LogP contribution in [-0.4, -0.2) is 36.8 Å². The molecule has 1 amide bonds. The zero-order valence-corrected chi connectivity index (χ0v) is 23.1. The molecule has 4 heterocycles. The molecule has 0 unspecified atom stereocenters. The van der Waals surface area contributed by atoms with E-state index in [-0.39, 0.29) is 26.2 Å². The molecule has 0 aliphatic heterocycles. The minimum atomic E-state index is -0.870. The zero-order chi connectivity index (χ0) is 26.1. The van der Waals surface area contributed by atoms with E-state index in [2.05, 4.69) is 47.1 Å². The predicted octanol–water partition coefficient (Wildman–Crippen LogP) is 5.97. The molecule has 35 heavy (non-hydrogen) atoms. The molecule has 0 atom stereocenters. The first kappa shape index (κ1) is 28.4. The van der Waals surface area contributed by atoms with Gasteiger partial charge in [0, 0.05) is 0 Å². The van der Waals surface area contributed by atoms with Gasteiger partial charge in [0.2, 0.25) is 0 Å². The lowest BCUT2D eigenvalue weighted by Gasteiger charge is -1.96. The average Bonchev–Trinajstić information content (AvgIpc) is 3.57. The number of nitrogens with zero attached hydrogens (tertiary/aromatic N) is 4. The number of hydrogen-bond acceptors (Lipinski definition) is 13. The third-order valence-corrected chi connectivity index (χ3v) is 8.04. The van der Waals surface area contributed by atoms with Gasteiger partial charge in [-0.05, 0) is 78.8 Å². The molecule has 0 radical (unpaired) electrons. The number of nitrogens with one attached hydrogen (secondary N) is 1. The van der Waals surface area contributed by atoms with E-state index < -0.39 is 15.8 Å². The van der Waals surface area contributed by atoms with E-state index in [1.54, 1.807) is 24.3 Å². The van der Waals surface area contributed by atoms with E-state index in [0.717, 1.165) is 42.6 Å². The summed E-state index contributed by atoms with van der Waals surface area (Å²) in [4.78, 5) is 49.3. The van der Waals surface area contributed by atoms with Crippen molar-refractivity contribution in [1.29, 1.82) is 0 Å². The number of nitrogen functional groups attached to an aromatic ring is 1. The number of carbonyl (C=O) groups is 2. The quantitative estimate of drug-likeness (QED) is 0.166. The van der Waals surface area contributed by atoms with Crippen molar-refractivity contribution in [3.63, 3.8) is 0 Å². The normalized spacial score (nSPS) is 9.77. The van der Waals surface area contributed by atoms with Crippen molar-refractivity contribution in [2.45, 2.75) is 0 Å². The van der Waals surface area contributed by atoms with Crippen molar-refractivity contribution in [2.24, 2.45) is 0 Å². The monoisotopic (exact) mass is 684 g/mol. The molecule has 4 rings (SSSR count). The van der Waals surface area contributed by atoms with Crippen LogP contribution in [0.1, 0.15) is 19.3 Å². The zero-order valence-electron chi connectivity index (χ0n) is 16.6. The van der Waals surface area contributed by atoms with Crippen molar-refractivity contribution in [1.82, 2.24) is 9.97 Å². The van der Waals surface area contributed by atoms with Crippen molar-refractivity contribution < 1.29 is 24.5 Å². The summed E-state index contributed by atoms with van der Waals surface area (Å²) in [5, 5.41) is 31.6. The van der Waals surface area contributed by atoms with Crippen molar-refractivity contribution >= 4 is 109 Å². The maximum absolute atomic E-state index is 11.7. The summed E-state index contributed by atoms with van der Waals surface area (Å²) in [6.07, 6.45) is 2.25. The number of nitrogens with two attached hydrogens (primary N) is 1. The van der Waals surface area contributed by atoms with Crippen molar-refractivity contribution in [2.75, 3.05) is 11.1 Å². The smallest absolute Gasteiger partial charge is 0.345 e. The van der Waals surface area contributed by atoms with Crippen LogP contribution in [0, 0.1) is 20.2 Å². The van der Waals surface area contributed by atoms with Crippen LogP contribution < -0.4 is 11.1 Å². The molecule has 0 aliphatic carbocycles. The predicted molar refractivity (Wildman–Crippen MR) is 141 cm³/mol. The number of carboxylic acid groups (broad SMARTS) is 1. The minimum absolute atomic E-state index is 0.0208. The van der Waals surface area contributed by atoms with Gasteiger partial charge in [0.1, 0.15) is 17.3 Å². The second kappa shape index (κ2) is 13.3. The van der Waals surface area contributed by atoms with Crippen LogP contribution in [0.25, 0.3) is 0 Å². The van der Waals surface area contributed by atoms with E-state index in [1.165, 1.54) is 22.7 Å². The summed E-state index contributed by atoms with van der Waals surface area (Å²) < 4.78 is 1.69. The van der Waals surface area contributed by atoms with Gasteiger partial charge in [0.25, 0.3) is 5.91 Å². The Bertz CT molecular complexity index is 1300. The number of carbonyl (C=O) groups excluding carboxylic acids is 1. The largest absolute Gasteiger partial charge is 0.477 e. The van der Waals surface area contributed by atoms with Crippen LogP contribution in [0.3, 0.4) is 0 Å². The number of halogens is 2. The third kappa shape index (κ3) is 9.38. The Morgan fingerprint density at radius 2 is 1.40 bits per heavy atom. The number of nitro groups is 2. The Balaban J connectivity index is 0.000000203. The van der Waals surface area contributed by atoms with Gasteiger partial charge in [0.15, 0.2) is 10.3 Å². The fourth-order valence-corrected chi connectivity index (χ4v) is 5.43. The van der Waals surface area contributed by atoms with Gasteiger partial charge in [-0.1, -0.05) is 0 Å². The molecule has 0 spiro atoms. The number of anilines is 2. The fourth-order valence-electron chi connectivity index (χ4n) is 1.80. The highest BCUT2D eigenvalue weighted by atomic mass is 79.9. The van der Waals surface area contributed by atoms with Gasteiger partial charge in [-0.15, -0.1) is 22.7 Å². The van der Waals surface area contributed by atoms with E-state index in [1.807, 2.05) is 0 Å². The maximum atomic E-state index is 11.7. The molecule has 4 aromatic rings. The third-order valence-electron chi connectivity index (χ3n) is 3.17. The Morgan fingerprint density at radius 1 is 0.886 bits per heavy atom. The minimum Gasteiger partial charge on any atom is -0.477 e. The second-order valence-electron chi connectivity index (χ2n) is 5.52. The highest BCUT2D eigenvalue weighted by Gasteiger charge is 2.15. The second-order valence-corrected chi connectivity index (χ2v) is 12.5. The Kier molecular flexibility index (Phi) is 10.8. The number of rotatable bonds is 5. The fraction of sp³-hybridized carbons (Fsp3) is 0. The Labute approximate surface area is 227 Å². The molecule has 184 valence electrons. The summed E-state index contributed by atoms with van der Waals surface area (Å²) in [5.41, 5.74) is 5.12. The summed E-state index contributed by atoms with van der Waals surface area (Å²) in [5.74, 6) is -1.20. The van der Waals surface area contributed by atoms with Crippen LogP contribution in [0.2, 0.25) is 0 Å². The van der Waals surface area contributed by atoms with Crippen LogP contribution in [0.4, 0.5) is 20.3 Å². The molecule has 4 aromatic heterocycles. The highest BCUT2D eigenvalue weighted by molar-refractivity contribution is 9.11. The molecule has 0 aromatic carbocycles. The SMILES string of the molecule is Nc1ncc([N+](=O)[O-])s1.O=C(Nc1ncc([N+](=O)[O-])s1)c1ccc(Br)s1.O=C(O)c1ccc(Br)s1. The van der Waals surface area contributed by atoms with Crippen LogP contribution in [0.15, 0.2) is 44.2 Å². The molecule has 0 bridgehead atoms. The standard InChI is InChI=1S/C8H4BrN3O3S2.C5H3BrO2S.C3H3N3O2S/c9-5-2-1-4(16-5)7(13)11-8-10-3-6(17-8)12(14)15;6-4-2-1-3(9-4)5(7)8;4-3-5-1-2(9-3)6(7)8/h1-3H,(H,10,11,13);1-2H,(H,7,8);1H,(H2,4,5). The molecular weight excluding hydrogens is 676 g/mol. The summed E-state index contributed by atoms with van der Waals surface area (Å²) in [6, 6.07) is 6.70. The van der Waals surface area contributed by atoms with Crippen LogP contribution in [-0.2, 0) is 0 Å². The summed E-state index contributed by atoms with van der Waals surface area (Å²) >= 11 is 10.6. The molecule has 4 N–H and O–H groups in total. The number of aromatic carboxylic acids is 1. The number of aromatic nitrogens is 2. The number of thiophene rings is 2. The molecule has 13 nitrogen and oxygen atoms in total.